The number of ether oxygens (including phenoxy) is 1. The third kappa shape index (κ3) is 4.06. The molecule has 8 nitrogen and oxygen atoms in total. The quantitative estimate of drug-likeness (QED) is 0.678. The fourth-order valence-electron chi connectivity index (χ4n) is 2.99. The zero-order valence-corrected chi connectivity index (χ0v) is 15.7. The number of amides is 1. The Morgan fingerprint density at radius 2 is 2.00 bits per heavy atom. The van der Waals surface area contributed by atoms with Crippen LogP contribution < -0.4 is 10.9 Å². The Labute approximate surface area is 156 Å². The highest BCUT2D eigenvalue weighted by atomic mass is 16.5. The lowest BCUT2D eigenvalue weighted by Gasteiger charge is -2.13. The number of aromatic nitrogens is 4. The van der Waals surface area contributed by atoms with Gasteiger partial charge in [0.1, 0.15) is 0 Å². The predicted molar refractivity (Wildman–Crippen MR) is 102 cm³/mol. The average Bonchev–Trinajstić information content (AvgIpc) is 2.98. The van der Waals surface area contributed by atoms with Gasteiger partial charge in [-0.15, -0.1) is 0 Å². The van der Waals surface area contributed by atoms with Crippen molar-refractivity contribution in [1.29, 1.82) is 0 Å². The number of nitrogens with one attached hydrogen (secondary N) is 1. The molecule has 1 amide bonds. The van der Waals surface area contributed by atoms with E-state index >= 15 is 0 Å². The molecule has 3 aromatic rings. The molecule has 0 aliphatic rings. The summed E-state index contributed by atoms with van der Waals surface area (Å²) < 4.78 is 8.27. The molecule has 0 bridgehead atoms. The second-order valence-corrected chi connectivity index (χ2v) is 6.31. The van der Waals surface area contributed by atoms with Crippen LogP contribution in [0, 0.1) is 13.8 Å². The first kappa shape index (κ1) is 18.8. The smallest absolute Gasteiger partial charge is 0.287 e. The molecule has 0 aliphatic heterocycles. The first-order valence-corrected chi connectivity index (χ1v) is 8.79. The van der Waals surface area contributed by atoms with Crippen molar-refractivity contribution in [2.45, 2.75) is 26.9 Å². The van der Waals surface area contributed by atoms with Crippen molar-refractivity contribution in [2.24, 2.45) is 0 Å². The Balaban J connectivity index is 1.84. The largest absolute Gasteiger partial charge is 0.383 e. The molecule has 0 saturated carbocycles. The van der Waals surface area contributed by atoms with Gasteiger partial charge in [-0.1, -0.05) is 12.1 Å². The Hall–Kier alpha value is -3.00. The lowest BCUT2D eigenvalue weighted by atomic mass is 10.2. The Bertz CT molecular complexity index is 1020. The second-order valence-electron chi connectivity index (χ2n) is 6.31. The number of hydrogen-bond donors (Lipinski definition) is 1. The monoisotopic (exact) mass is 369 g/mol. The van der Waals surface area contributed by atoms with Gasteiger partial charge in [0.15, 0.2) is 0 Å². The summed E-state index contributed by atoms with van der Waals surface area (Å²) in [7, 11) is 1.55. The number of rotatable bonds is 7. The summed E-state index contributed by atoms with van der Waals surface area (Å²) in [4.78, 5) is 29.9. The number of carbonyl (C=O) groups is 1. The maximum atomic E-state index is 12.8. The van der Waals surface area contributed by atoms with Crippen molar-refractivity contribution in [3.8, 4) is 0 Å². The number of aryl methyl sites for hydroxylation is 2. The minimum Gasteiger partial charge on any atom is -0.383 e. The summed E-state index contributed by atoms with van der Waals surface area (Å²) in [6, 6.07) is 8.98. The number of fused-ring (bicyclic) bond motifs is 1. The molecular formula is C19H23N5O3. The third-order valence-electron chi connectivity index (χ3n) is 4.30. The third-order valence-corrected chi connectivity index (χ3v) is 4.30. The fourth-order valence-corrected chi connectivity index (χ4v) is 2.99. The van der Waals surface area contributed by atoms with E-state index in [0.717, 1.165) is 11.4 Å². The molecule has 0 spiro atoms. The van der Waals surface area contributed by atoms with Gasteiger partial charge in [-0.25, -0.2) is 4.98 Å². The number of carbonyl (C=O) groups excluding carboxylic acids is 1. The van der Waals surface area contributed by atoms with Crippen LogP contribution in [-0.2, 0) is 17.8 Å². The summed E-state index contributed by atoms with van der Waals surface area (Å²) in [6.07, 6.45) is 0. The Morgan fingerprint density at radius 3 is 2.70 bits per heavy atom. The van der Waals surface area contributed by atoms with Gasteiger partial charge in [0.25, 0.3) is 11.5 Å². The van der Waals surface area contributed by atoms with Crippen LogP contribution in [0.4, 0.5) is 0 Å². The molecule has 0 aliphatic carbocycles. The van der Waals surface area contributed by atoms with Gasteiger partial charge in [-0.2, -0.15) is 5.10 Å². The number of nitrogens with zero attached hydrogens (tertiary/aromatic N) is 4. The van der Waals surface area contributed by atoms with Crippen LogP contribution in [0.25, 0.3) is 10.9 Å². The van der Waals surface area contributed by atoms with E-state index in [1.54, 1.807) is 31.4 Å². The zero-order valence-electron chi connectivity index (χ0n) is 15.7. The predicted octanol–water partition coefficient (Wildman–Crippen LogP) is 1.29. The van der Waals surface area contributed by atoms with E-state index < -0.39 is 5.91 Å². The maximum absolute atomic E-state index is 12.8. The van der Waals surface area contributed by atoms with Gasteiger partial charge in [-0.05, 0) is 32.0 Å². The number of hydrogen-bond acceptors (Lipinski definition) is 5. The van der Waals surface area contributed by atoms with Crippen LogP contribution >= 0.6 is 0 Å². The highest BCUT2D eigenvalue weighted by Crippen LogP contribution is 2.08. The van der Waals surface area contributed by atoms with Crippen molar-refractivity contribution >= 4 is 16.8 Å². The molecule has 0 radical (unpaired) electrons. The lowest BCUT2D eigenvalue weighted by molar-refractivity contribution is 0.0932. The molecule has 0 fully saturated rings. The van der Waals surface area contributed by atoms with Gasteiger partial charge in [0, 0.05) is 19.3 Å². The van der Waals surface area contributed by atoms with Gasteiger partial charge >= 0.3 is 0 Å². The van der Waals surface area contributed by atoms with Crippen molar-refractivity contribution in [3.63, 3.8) is 0 Å². The van der Waals surface area contributed by atoms with E-state index in [9.17, 15) is 9.59 Å². The summed E-state index contributed by atoms with van der Waals surface area (Å²) in [6.45, 7) is 5.39. The molecule has 0 saturated heterocycles. The minimum atomic E-state index is -0.393. The molecule has 27 heavy (non-hydrogen) atoms. The maximum Gasteiger partial charge on any atom is 0.287 e. The molecule has 2 aromatic heterocycles. The summed E-state index contributed by atoms with van der Waals surface area (Å²) >= 11 is 0. The zero-order chi connectivity index (χ0) is 19.4. The van der Waals surface area contributed by atoms with Gasteiger partial charge in [0.05, 0.1) is 36.3 Å². The van der Waals surface area contributed by atoms with Crippen LogP contribution in [0.2, 0.25) is 0 Å². The van der Waals surface area contributed by atoms with E-state index in [2.05, 4.69) is 15.4 Å². The van der Waals surface area contributed by atoms with Crippen molar-refractivity contribution < 1.29 is 9.53 Å². The fraction of sp³-hybridized carbons (Fsp3) is 0.368. The normalized spacial score (nSPS) is 11.1. The van der Waals surface area contributed by atoms with Gasteiger partial charge in [0.2, 0.25) is 5.82 Å². The minimum absolute atomic E-state index is 0.0871. The summed E-state index contributed by atoms with van der Waals surface area (Å²) in [5.74, 6) is -0.306. The van der Waals surface area contributed by atoms with Crippen LogP contribution in [0.3, 0.4) is 0 Å². The molecule has 0 unspecified atom stereocenters. The number of para-hydroxylation sites is 1. The molecule has 2 heterocycles. The van der Waals surface area contributed by atoms with Crippen LogP contribution in [0.5, 0.6) is 0 Å². The standard InChI is InChI=1S/C19H23N5O3/c1-13-12-14(2)24(22-13)9-8-20-18(25)17-21-16-7-5-4-6-15(16)19(26)23(17)10-11-27-3/h4-7,12H,8-11H2,1-3H3,(H,20,25). The number of benzene rings is 1. The van der Waals surface area contributed by atoms with E-state index in [4.69, 9.17) is 4.74 Å². The first-order chi connectivity index (χ1) is 13.0. The molecule has 142 valence electrons. The average molecular weight is 369 g/mol. The van der Waals surface area contributed by atoms with Crippen molar-refractivity contribution in [1.82, 2.24) is 24.6 Å². The van der Waals surface area contributed by atoms with Crippen molar-refractivity contribution in [3.05, 3.63) is 57.9 Å². The molecule has 8 heteroatoms. The Morgan fingerprint density at radius 1 is 1.22 bits per heavy atom. The van der Waals surface area contributed by atoms with Crippen LogP contribution in [-0.4, -0.2) is 45.5 Å². The molecule has 0 atom stereocenters. The summed E-state index contributed by atoms with van der Waals surface area (Å²) in [5.41, 5.74) is 2.22. The molecular weight excluding hydrogens is 346 g/mol. The molecule has 1 aromatic carbocycles. The topological polar surface area (TPSA) is 91.0 Å². The van der Waals surface area contributed by atoms with E-state index in [1.807, 2.05) is 24.6 Å². The van der Waals surface area contributed by atoms with E-state index in [1.165, 1.54) is 4.57 Å². The van der Waals surface area contributed by atoms with Crippen molar-refractivity contribution in [2.75, 3.05) is 20.3 Å². The van der Waals surface area contributed by atoms with Gasteiger partial charge < -0.3 is 10.1 Å². The highest BCUT2D eigenvalue weighted by molar-refractivity contribution is 5.93. The molecule has 1 N–H and O–H groups in total. The Kier molecular flexibility index (Phi) is 5.66. The van der Waals surface area contributed by atoms with Gasteiger partial charge in [-0.3, -0.25) is 18.8 Å². The molecule has 3 rings (SSSR count). The van der Waals surface area contributed by atoms with E-state index in [0.29, 0.717) is 30.6 Å². The lowest BCUT2D eigenvalue weighted by Crippen LogP contribution is -2.36. The highest BCUT2D eigenvalue weighted by Gasteiger charge is 2.17. The van der Waals surface area contributed by atoms with E-state index in [-0.39, 0.29) is 17.9 Å². The van der Waals surface area contributed by atoms with Crippen LogP contribution in [0.1, 0.15) is 22.0 Å². The first-order valence-electron chi connectivity index (χ1n) is 8.79. The van der Waals surface area contributed by atoms with Crippen LogP contribution in [0.15, 0.2) is 35.1 Å². The summed E-state index contributed by atoms with van der Waals surface area (Å²) in [5, 5.41) is 7.68. The number of methoxy groups -OCH3 is 1. The SMILES string of the molecule is COCCn1c(C(=O)NCCn2nc(C)cc2C)nc2ccccc2c1=O. The second kappa shape index (κ2) is 8.13.